The molecule has 1 aliphatic heterocycles. The van der Waals surface area contributed by atoms with E-state index in [0.29, 0.717) is 12.1 Å². The summed E-state index contributed by atoms with van der Waals surface area (Å²) in [6, 6.07) is 24.5. The van der Waals surface area contributed by atoms with Gasteiger partial charge < -0.3 is 0 Å². The molecule has 3 atom stereocenters. The molecule has 3 nitrogen and oxygen atoms in total. The van der Waals surface area contributed by atoms with Gasteiger partial charge in [-0.3, -0.25) is 14.6 Å². The van der Waals surface area contributed by atoms with Crippen LogP contribution >= 0.6 is 0 Å². The number of carbonyl (C=O) groups excluding carboxylic acids is 1. The standard InChI is InChI=1S/C29H33FN2O/c1-20-7-5-9-27(15-20)29(26-13-11-25(12-14-26)23(4)33)32-18-21(2)31(17-22(32)3)19-24-8-6-10-28(30)16-24/h5-16,21-22,29H,17-19H2,1-4H3/t21-,22+,29?/m1/s1. The first kappa shape index (κ1) is 23.3. The van der Waals surface area contributed by atoms with Gasteiger partial charge in [-0.25, -0.2) is 4.39 Å². The largest absolute Gasteiger partial charge is 0.295 e. The van der Waals surface area contributed by atoms with Crippen LogP contribution in [-0.2, 0) is 6.54 Å². The maximum Gasteiger partial charge on any atom is 0.159 e. The molecule has 3 aromatic carbocycles. The number of Topliss-reactive ketones (excluding diaryl/α,β-unsaturated/α-hetero) is 1. The van der Waals surface area contributed by atoms with E-state index in [1.54, 1.807) is 19.1 Å². The van der Waals surface area contributed by atoms with Crippen LogP contribution in [0.25, 0.3) is 0 Å². The SMILES string of the molecule is CC(=O)c1ccc(C(c2cccc(C)c2)N2C[C@@H](C)N(Cc3cccc(F)c3)C[C@@H]2C)cc1. The molecule has 1 heterocycles. The zero-order valence-electron chi connectivity index (χ0n) is 20.0. The number of piperazine rings is 1. The van der Waals surface area contributed by atoms with Crippen molar-refractivity contribution in [2.24, 2.45) is 0 Å². The Bertz CT molecular complexity index is 1110. The number of rotatable bonds is 6. The number of hydrogen-bond acceptors (Lipinski definition) is 3. The highest BCUT2D eigenvalue weighted by Gasteiger charge is 2.34. The molecule has 1 fully saturated rings. The molecule has 0 bridgehead atoms. The van der Waals surface area contributed by atoms with Crippen LogP contribution < -0.4 is 0 Å². The molecule has 0 aliphatic carbocycles. The lowest BCUT2D eigenvalue weighted by Gasteiger charge is -2.47. The minimum absolute atomic E-state index is 0.0848. The average molecular weight is 445 g/mol. The van der Waals surface area contributed by atoms with Gasteiger partial charge in [0.15, 0.2) is 5.78 Å². The molecule has 33 heavy (non-hydrogen) atoms. The van der Waals surface area contributed by atoms with Crippen LogP contribution in [0.3, 0.4) is 0 Å². The Morgan fingerprint density at radius 3 is 2.33 bits per heavy atom. The number of aryl methyl sites for hydroxylation is 1. The Morgan fingerprint density at radius 2 is 1.67 bits per heavy atom. The molecular formula is C29H33FN2O. The molecule has 0 aromatic heterocycles. The first-order valence-corrected chi connectivity index (χ1v) is 11.7. The van der Waals surface area contributed by atoms with Crippen molar-refractivity contribution in [3.63, 3.8) is 0 Å². The highest BCUT2D eigenvalue weighted by molar-refractivity contribution is 5.94. The molecule has 0 N–H and O–H groups in total. The third-order valence-electron chi connectivity index (χ3n) is 6.76. The lowest BCUT2D eigenvalue weighted by atomic mass is 9.92. The fraction of sp³-hybridized carbons (Fsp3) is 0.345. The van der Waals surface area contributed by atoms with Crippen LogP contribution in [0.4, 0.5) is 4.39 Å². The van der Waals surface area contributed by atoms with Gasteiger partial charge in [0.05, 0.1) is 6.04 Å². The molecule has 4 rings (SSSR count). The fourth-order valence-corrected chi connectivity index (χ4v) is 4.99. The molecule has 4 heteroatoms. The van der Waals surface area contributed by atoms with Gasteiger partial charge in [-0.1, -0.05) is 66.2 Å². The van der Waals surface area contributed by atoms with E-state index in [-0.39, 0.29) is 17.6 Å². The van der Waals surface area contributed by atoms with Gasteiger partial charge in [0, 0.05) is 37.3 Å². The lowest BCUT2D eigenvalue weighted by molar-refractivity contribution is 0.0195. The van der Waals surface area contributed by atoms with E-state index in [1.807, 2.05) is 18.2 Å². The third kappa shape index (κ3) is 5.40. The van der Waals surface area contributed by atoms with Crippen molar-refractivity contribution in [1.82, 2.24) is 9.80 Å². The van der Waals surface area contributed by atoms with Gasteiger partial charge in [-0.2, -0.15) is 0 Å². The van der Waals surface area contributed by atoms with E-state index >= 15 is 0 Å². The quantitative estimate of drug-likeness (QED) is 0.434. The molecule has 0 amide bonds. The van der Waals surface area contributed by atoms with Crippen molar-refractivity contribution in [3.05, 3.63) is 106 Å². The van der Waals surface area contributed by atoms with Gasteiger partial charge in [-0.15, -0.1) is 0 Å². The number of carbonyl (C=O) groups is 1. The predicted octanol–water partition coefficient (Wildman–Crippen LogP) is 6.02. The Balaban J connectivity index is 1.62. The van der Waals surface area contributed by atoms with E-state index in [1.165, 1.54) is 22.8 Å². The van der Waals surface area contributed by atoms with Gasteiger partial charge >= 0.3 is 0 Å². The van der Waals surface area contributed by atoms with Crippen molar-refractivity contribution >= 4 is 5.78 Å². The summed E-state index contributed by atoms with van der Waals surface area (Å²) < 4.78 is 13.7. The minimum Gasteiger partial charge on any atom is -0.295 e. The highest BCUT2D eigenvalue weighted by atomic mass is 19.1. The summed E-state index contributed by atoms with van der Waals surface area (Å²) in [6.45, 7) is 10.8. The molecule has 0 radical (unpaired) electrons. The highest BCUT2D eigenvalue weighted by Crippen LogP contribution is 2.34. The van der Waals surface area contributed by atoms with Gasteiger partial charge in [0.1, 0.15) is 5.82 Å². The molecule has 1 unspecified atom stereocenters. The monoisotopic (exact) mass is 444 g/mol. The Morgan fingerprint density at radius 1 is 0.939 bits per heavy atom. The summed E-state index contributed by atoms with van der Waals surface area (Å²) in [5, 5.41) is 0. The van der Waals surface area contributed by atoms with Crippen LogP contribution in [0.5, 0.6) is 0 Å². The van der Waals surface area contributed by atoms with Crippen LogP contribution in [0.15, 0.2) is 72.8 Å². The molecule has 1 aliphatic rings. The van der Waals surface area contributed by atoms with Crippen LogP contribution in [0.2, 0.25) is 0 Å². The van der Waals surface area contributed by atoms with Crippen LogP contribution in [0, 0.1) is 12.7 Å². The topological polar surface area (TPSA) is 23.6 Å². The van der Waals surface area contributed by atoms with Crippen LogP contribution in [0.1, 0.15) is 59.4 Å². The molecule has 0 spiro atoms. The van der Waals surface area contributed by atoms with E-state index in [4.69, 9.17) is 0 Å². The van der Waals surface area contributed by atoms with Crippen molar-refractivity contribution < 1.29 is 9.18 Å². The predicted molar refractivity (Wildman–Crippen MR) is 132 cm³/mol. The summed E-state index contributed by atoms with van der Waals surface area (Å²) >= 11 is 0. The summed E-state index contributed by atoms with van der Waals surface area (Å²) in [6.07, 6.45) is 0. The molecule has 1 saturated heterocycles. The summed E-state index contributed by atoms with van der Waals surface area (Å²) in [5.41, 5.74) is 5.45. The number of hydrogen-bond donors (Lipinski definition) is 0. The zero-order valence-corrected chi connectivity index (χ0v) is 20.0. The average Bonchev–Trinajstić information content (AvgIpc) is 2.78. The Labute approximate surface area is 196 Å². The Kier molecular flexibility index (Phi) is 7.06. The molecule has 0 saturated carbocycles. The lowest BCUT2D eigenvalue weighted by Crippen LogP contribution is -2.56. The van der Waals surface area contributed by atoms with Crippen molar-refractivity contribution in [2.75, 3.05) is 13.1 Å². The number of nitrogens with zero attached hydrogens (tertiary/aromatic N) is 2. The van der Waals surface area contributed by atoms with E-state index in [9.17, 15) is 9.18 Å². The number of benzene rings is 3. The minimum atomic E-state index is -0.180. The summed E-state index contributed by atoms with van der Waals surface area (Å²) in [4.78, 5) is 16.8. The fourth-order valence-electron chi connectivity index (χ4n) is 4.99. The second kappa shape index (κ2) is 9.98. The second-order valence-corrected chi connectivity index (χ2v) is 9.45. The van der Waals surface area contributed by atoms with Crippen molar-refractivity contribution in [2.45, 2.75) is 52.4 Å². The van der Waals surface area contributed by atoms with E-state index < -0.39 is 0 Å². The first-order chi connectivity index (χ1) is 15.8. The number of ketones is 1. The zero-order chi connectivity index (χ0) is 23.5. The van der Waals surface area contributed by atoms with Crippen molar-refractivity contribution in [1.29, 1.82) is 0 Å². The maximum absolute atomic E-state index is 13.7. The second-order valence-electron chi connectivity index (χ2n) is 9.45. The van der Waals surface area contributed by atoms with Gasteiger partial charge in [-0.05, 0) is 56.5 Å². The third-order valence-corrected chi connectivity index (χ3v) is 6.76. The molecule has 172 valence electrons. The Hall–Kier alpha value is -2.82. The maximum atomic E-state index is 13.7. The van der Waals surface area contributed by atoms with E-state index in [2.05, 4.69) is 67.0 Å². The molecule has 3 aromatic rings. The van der Waals surface area contributed by atoms with Gasteiger partial charge in [0.2, 0.25) is 0 Å². The normalized spacial score (nSPS) is 20.5. The van der Waals surface area contributed by atoms with Crippen LogP contribution in [-0.4, -0.2) is 40.8 Å². The smallest absolute Gasteiger partial charge is 0.159 e. The van der Waals surface area contributed by atoms with Gasteiger partial charge in [0.25, 0.3) is 0 Å². The first-order valence-electron chi connectivity index (χ1n) is 11.7. The van der Waals surface area contributed by atoms with E-state index in [0.717, 1.165) is 30.8 Å². The summed E-state index contributed by atoms with van der Waals surface area (Å²) in [5.74, 6) is -0.0954. The number of halogens is 1. The summed E-state index contributed by atoms with van der Waals surface area (Å²) in [7, 11) is 0. The van der Waals surface area contributed by atoms with Crippen molar-refractivity contribution in [3.8, 4) is 0 Å². The molecular weight excluding hydrogens is 411 g/mol.